The molecule has 2 heterocycles. The summed E-state index contributed by atoms with van der Waals surface area (Å²) in [5.41, 5.74) is 0.640. The monoisotopic (exact) mass is 285 g/mol. The second kappa shape index (κ2) is 4.62. The van der Waals surface area contributed by atoms with E-state index in [2.05, 4.69) is 0 Å². The van der Waals surface area contributed by atoms with Crippen molar-refractivity contribution in [1.29, 1.82) is 0 Å². The predicted molar refractivity (Wildman–Crippen MR) is 74.1 cm³/mol. The maximum atomic E-state index is 12.6. The fourth-order valence-electron chi connectivity index (χ4n) is 3.31. The lowest BCUT2D eigenvalue weighted by Gasteiger charge is -2.30. The first-order valence-electron chi connectivity index (χ1n) is 7.16. The molecule has 3 aliphatic rings. The van der Waals surface area contributed by atoms with Crippen molar-refractivity contribution < 1.29 is 19.1 Å². The van der Waals surface area contributed by atoms with Crippen molar-refractivity contribution in [3.8, 4) is 0 Å². The van der Waals surface area contributed by atoms with E-state index in [1.807, 2.05) is 18.2 Å². The Kier molecular flexibility index (Phi) is 2.74. The molecule has 0 spiro atoms. The van der Waals surface area contributed by atoms with Crippen molar-refractivity contribution in [3.63, 3.8) is 0 Å². The van der Waals surface area contributed by atoms with Gasteiger partial charge in [-0.15, -0.1) is 0 Å². The van der Waals surface area contributed by atoms with Crippen LogP contribution in [0.25, 0.3) is 0 Å². The first-order valence-corrected chi connectivity index (χ1v) is 7.16. The lowest BCUT2D eigenvalue weighted by molar-refractivity contribution is -0.122. The molecule has 1 aliphatic carbocycles. The molecule has 4 rings (SSSR count). The van der Waals surface area contributed by atoms with Crippen LogP contribution >= 0.6 is 0 Å². The number of rotatable bonds is 1. The number of para-hydroxylation sites is 1. The SMILES string of the molecule is O=C1C2CC3=C(CC2C(=O)N1c1ccccc1)OCCO3. The molecule has 1 saturated heterocycles. The van der Waals surface area contributed by atoms with Crippen molar-refractivity contribution in [2.45, 2.75) is 12.8 Å². The van der Waals surface area contributed by atoms with Gasteiger partial charge in [0.2, 0.25) is 11.8 Å². The zero-order chi connectivity index (χ0) is 14.4. The summed E-state index contributed by atoms with van der Waals surface area (Å²) in [4.78, 5) is 26.5. The van der Waals surface area contributed by atoms with Gasteiger partial charge in [0.1, 0.15) is 24.7 Å². The van der Waals surface area contributed by atoms with Gasteiger partial charge in [0.25, 0.3) is 0 Å². The van der Waals surface area contributed by atoms with E-state index in [1.54, 1.807) is 12.1 Å². The molecular weight excluding hydrogens is 270 g/mol. The number of amides is 2. The number of benzene rings is 1. The van der Waals surface area contributed by atoms with Crippen molar-refractivity contribution in [1.82, 2.24) is 0 Å². The molecule has 0 N–H and O–H groups in total. The van der Waals surface area contributed by atoms with E-state index in [4.69, 9.17) is 9.47 Å². The van der Waals surface area contributed by atoms with E-state index in [-0.39, 0.29) is 23.7 Å². The number of fused-ring (bicyclic) bond motifs is 1. The Morgan fingerprint density at radius 2 is 1.38 bits per heavy atom. The Hall–Kier alpha value is -2.30. The van der Waals surface area contributed by atoms with Gasteiger partial charge in [-0.2, -0.15) is 0 Å². The molecule has 0 aromatic heterocycles. The third-order valence-corrected chi connectivity index (χ3v) is 4.33. The molecule has 2 unspecified atom stereocenters. The number of carbonyl (C=O) groups is 2. The summed E-state index contributed by atoms with van der Waals surface area (Å²) >= 11 is 0. The Morgan fingerprint density at radius 1 is 0.857 bits per heavy atom. The third-order valence-electron chi connectivity index (χ3n) is 4.33. The molecule has 2 amide bonds. The summed E-state index contributed by atoms with van der Waals surface area (Å²) in [7, 11) is 0. The molecule has 1 fully saturated rings. The number of imide groups is 1. The van der Waals surface area contributed by atoms with E-state index in [1.165, 1.54) is 4.90 Å². The van der Waals surface area contributed by atoms with Crippen molar-refractivity contribution in [2.24, 2.45) is 11.8 Å². The number of nitrogens with zero attached hydrogens (tertiary/aromatic N) is 1. The molecule has 2 atom stereocenters. The van der Waals surface area contributed by atoms with Gasteiger partial charge in [-0.1, -0.05) is 18.2 Å². The smallest absolute Gasteiger partial charge is 0.238 e. The van der Waals surface area contributed by atoms with E-state index >= 15 is 0 Å². The average molecular weight is 285 g/mol. The molecule has 2 aliphatic heterocycles. The topological polar surface area (TPSA) is 55.8 Å². The molecule has 0 saturated carbocycles. The maximum Gasteiger partial charge on any atom is 0.238 e. The van der Waals surface area contributed by atoms with Crippen LogP contribution in [0.3, 0.4) is 0 Å². The van der Waals surface area contributed by atoms with Gasteiger partial charge < -0.3 is 9.47 Å². The highest BCUT2D eigenvalue weighted by molar-refractivity contribution is 6.22. The van der Waals surface area contributed by atoms with E-state index in [0.29, 0.717) is 31.7 Å². The predicted octanol–water partition coefficient (Wildman–Crippen LogP) is 1.84. The number of anilines is 1. The molecule has 21 heavy (non-hydrogen) atoms. The second-order valence-electron chi connectivity index (χ2n) is 5.51. The molecule has 0 radical (unpaired) electrons. The first kappa shape index (κ1) is 12.4. The summed E-state index contributed by atoms with van der Waals surface area (Å²) in [6.07, 6.45) is 0.932. The van der Waals surface area contributed by atoms with Crippen molar-refractivity contribution in [2.75, 3.05) is 18.1 Å². The van der Waals surface area contributed by atoms with Crippen LogP contribution < -0.4 is 4.90 Å². The van der Waals surface area contributed by atoms with Crippen LogP contribution in [-0.2, 0) is 19.1 Å². The highest BCUT2D eigenvalue weighted by Crippen LogP contribution is 2.43. The number of allylic oxidation sites excluding steroid dienone is 2. The quantitative estimate of drug-likeness (QED) is 0.739. The molecule has 5 nitrogen and oxygen atoms in total. The summed E-state index contributed by atoms with van der Waals surface area (Å²) in [5, 5.41) is 0. The largest absolute Gasteiger partial charge is 0.491 e. The molecular formula is C16H15NO4. The van der Waals surface area contributed by atoms with E-state index in [9.17, 15) is 9.59 Å². The van der Waals surface area contributed by atoms with Crippen molar-refractivity contribution >= 4 is 17.5 Å². The van der Waals surface area contributed by atoms with Crippen LogP contribution in [-0.4, -0.2) is 25.0 Å². The molecule has 1 aromatic rings. The zero-order valence-corrected chi connectivity index (χ0v) is 11.5. The van der Waals surface area contributed by atoms with Gasteiger partial charge in [-0.3, -0.25) is 14.5 Å². The van der Waals surface area contributed by atoms with E-state index < -0.39 is 0 Å². The first-order chi connectivity index (χ1) is 10.3. The summed E-state index contributed by atoms with van der Waals surface area (Å²) in [6, 6.07) is 9.09. The van der Waals surface area contributed by atoms with Gasteiger partial charge >= 0.3 is 0 Å². The Labute approximate surface area is 122 Å². The summed E-state index contributed by atoms with van der Waals surface area (Å²) in [5.74, 6) is 0.599. The fraction of sp³-hybridized carbons (Fsp3) is 0.375. The lowest BCUT2D eigenvalue weighted by atomic mass is 9.83. The van der Waals surface area contributed by atoms with Crippen LogP contribution in [0.15, 0.2) is 41.9 Å². The number of hydrogen-bond acceptors (Lipinski definition) is 4. The van der Waals surface area contributed by atoms with E-state index in [0.717, 1.165) is 11.5 Å². The normalized spacial score (nSPS) is 27.9. The van der Waals surface area contributed by atoms with Gasteiger partial charge in [-0.05, 0) is 12.1 Å². The number of carbonyl (C=O) groups excluding carboxylic acids is 2. The average Bonchev–Trinajstić information content (AvgIpc) is 2.77. The van der Waals surface area contributed by atoms with Gasteiger partial charge in [-0.25, -0.2) is 0 Å². The minimum atomic E-state index is -0.321. The summed E-state index contributed by atoms with van der Waals surface area (Å²) < 4.78 is 11.2. The van der Waals surface area contributed by atoms with Crippen LogP contribution in [0.1, 0.15) is 12.8 Å². The van der Waals surface area contributed by atoms with Crippen LogP contribution in [0.2, 0.25) is 0 Å². The van der Waals surface area contributed by atoms with Gasteiger partial charge in [0.05, 0.1) is 17.5 Å². The number of hydrogen-bond donors (Lipinski definition) is 0. The van der Waals surface area contributed by atoms with Crippen LogP contribution in [0.4, 0.5) is 5.69 Å². The van der Waals surface area contributed by atoms with Gasteiger partial charge in [0.15, 0.2) is 0 Å². The van der Waals surface area contributed by atoms with Crippen LogP contribution in [0, 0.1) is 11.8 Å². The lowest BCUT2D eigenvalue weighted by Crippen LogP contribution is -2.30. The minimum absolute atomic E-state index is 0.128. The zero-order valence-electron chi connectivity index (χ0n) is 11.5. The molecule has 5 heteroatoms. The fourth-order valence-corrected chi connectivity index (χ4v) is 3.31. The van der Waals surface area contributed by atoms with Crippen molar-refractivity contribution in [3.05, 3.63) is 41.9 Å². The standard InChI is InChI=1S/C16H15NO4/c18-15-11-8-13-14(21-7-6-20-13)9-12(11)16(19)17(15)10-4-2-1-3-5-10/h1-5,11-12H,6-9H2. The third kappa shape index (κ3) is 1.84. The van der Waals surface area contributed by atoms with Gasteiger partial charge in [0, 0.05) is 12.8 Å². The Bertz CT molecular complexity index is 601. The number of ether oxygens (including phenoxy) is 2. The highest BCUT2D eigenvalue weighted by Gasteiger charge is 2.51. The Balaban J connectivity index is 1.67. The Morgan fingerprint density at radius 3 is 1.90 bits per heavy atom. The maximum absolute atomic E-state index is 12.6. The molecule has 108 valence electrons. The molecule has 0 bridgehead atoms. The summed E-state index contributed by atoms with van der Waals surface area (Å²) in [6.45, 7) is 1.03. The second-order valence-corrected chi connectivity index (χ2v) is 5.51. The van der Waals surface area contributed by atoms with Crippen LogP contribution in [0.5, 0.6) is 0 Å². The molecule has 1 aromatic carbocycles. The highest BCUT2D eigenvalue weighted by atomic mass is 16.6. The minimum Gasteiger partial charge on any atom is -0.491 e.